The monoisotopic (exact) mass is 148 g/mol. The van der Waals surface area contributed by atoms with Crippen molar-refractivity contribution in [3.05, 3.63) is 29.9 Å². The van der Waals surface area contributed by atoms with Crippen LogP contribution in [-0.2, 0) is 4.79 Å². The van der Waals surface area contributed by atoms with Crippen molar-refractivity contribution in [1.82, 2.24) is 0 Å². The Bertz CT molecular complexity index is 217. The third-order valence-electron chi connectivity index (χ3n) is 1.80. The second-order valence-electron chi connectivity index (χ2n) is 2.67. The van der Waals surface area contributed by atoms with Gasteiger partial charge in [-0.1, -0.05) is 23.8 Å². The molecule has 1 rings (SSSR count). The smallest absolute Gasteiger partial charge is 0.124 e. The van der Waals surface area contributed by atoms with Gasteiger partial charge in [0.05, 0.1) is 0 Å². The molecule has 0 spiro atoms. The third kappa shape index (κ3) is 3.01. The highest BCUT2D eigenvalue weighted by atomic mass is 16.1. The summed E-state index contributed by atoms with van der Waals surface area (Å²) in [6.07, 6.45) is 12.3. The van der Waals surface area contributed by atoms with E-state index in [1.807, 2.05) is 6.08 Å². The van der Waals surface area contributed by atoms with E-state index in [4.69, 9.17) is 0 Å². The van der Waals surface area contributed by atoms with Crippen LogP contribution in [0.25, 0.3) is 0 Å². The van der Waals surface area contributed by atoms with Crippen LogP contribution in [0.15, 0.2) is 29.9 Å². The molecule has 1 aliphatic carbocycles. The molecule has 0 atom stereocenters. The molecule has 0 saturated carbocycles. The van der Waals surface area contributed by atoms with Crippen molar-refractivity contribution in [3.8, 4) is 0 Å². The zero-order valence-electron chi connectivity index (χ0n) is 6.55. The van der Waals surface area contributed by atoms with Gasteiger partial charge in [-0.05, 0) is 25.7 Å². The Morgan fingerprint density at radius 3 is 3.00 bits per heavy atom. The fourth-order valence-electron chi connectivity index (χ4n) is 1.23. The van der Waals surface area contributed by atoms with Gasteiger partial charge in [0.25, 0.3) is 0 Å². The standard InChI is InChI=1S/C10H12O/c11-9-5-4-8-10-6-2-1-3-7-10/h4-6,8H,1-3,7H2/b8-4+. The zero-order chi connectivity index (χ0) is 7.94. The topological polar surface area (TPSA) is 17.1 Å². The number of rotatable bonds is 2. The predicted molar refractivity (Wildman–Crippen MR) is 46.0 cm³/mol. The van der Waals surface area contributed by atoms with Crippen molar-refractivity contribution in [2.24, 2.45) is 0 Å². The van der Waals surface area contributed by atoms with E-state index >= 15 is 0 Å². The molecule has 0 saturated heterocycles. The lowest BCUT2D eigenvalue weighted by molar-refractivity contribution is 0.569. The molecule has 58 valence electrons. The minimum Gasteiger partial charge on any atom is -0.234 e. The molecule has 1 aliphatic rings. The normalized spacial score (nSPS) is 17.6. The lowest BCUT2D eigenvalue weighted by atomic mass is 9.99. The maximum absolute atomic E-state index is 9.80. The fraction of sp³-hybridized carbons (Fsp3) is 0.400. The van der Waals surface area contributed by atoms with Crippen molar-refractivity contribution in [2.45, 2.75) is 25.7 Å². The van der Waals surface area contributed by atoms with Crippen LogP contribution in [0.5, 0.6) is 0 Å². The minimum atomic E-state index is 1.16. The summed E-state index contributed by atoms with van der Waals surface area (Å²) in [5.74, 6) is 1.72. The number of hydrogen-bond donors (Lipinski definition) is 0. The van der Waals surface area contributed by atoms with Crippen molar-refractivity contribution < 1.29 is 4.79 Å². The molecule has 0 fully saturated rings. The molecule has 0 aromatic rings. The molecule has 0 aromatic heterocycles. The Morgan fingerprint density at radius 2 is 2.36 bits per heavy atom. The Morgan fingerprint density at radius 1 is 1.45 bits per heavy atom. The van der Waals surface area contributed by atoms with E-state index < -0.39 is 0 Å². The maximum atomic E-state index is 9.80. The Labute approximate surface area is 67.1 Å². The lowest BCUT2D eigenvalue weighted by Crippen LogP contribution is -1.87. The quantitative estimate of drug-likeness (QED) is 0.434. The summed E-state index contributed by atoms with van der Waals surface area (Å²) in [5, 5.41) is 0. The van der Waals surface area contributed by atoms with Crippen LogP contribution in [0.3, 0.4) is 0 Å². The van der Waals surface area contributed by atoms with Crippen LogP contribution < -0.4 is 0 Å². The van der Waals surface area contributed by atoms with Crippen molar-refractivity contribution in [2.75, 3.05) is 0 Å². The molecule has 0 amide bonds. The fourth-order valence-corrected chi connectivity index (χ4v) is 1.23. The Balaban J connectivity index is 2.46. The first-order valence-electron chi connectivity index (χ1n) is 4.00. The average Bonchev–Trinajstić information content (AvgIpc) is 2.07. The van der Waals surface area contributed by atoms with Gasteiger partial charge in [-0.3, -0.25) is 0 Å². The number of hydrogen-bond acceptors (Lipinski definition) is 1. The third-order valence-corrected chi connectivity index (χ3v) is 1.80. The highest BCUT2D eigenvalue weighted by Crippen LogP contribution is 2.17. The van der Waals surface area contributed by atoms with Gasteiger partial charge in [0.1, 0.15) is 5.94 Å². The molecular weight excluding hydrogens is 136 g/mol. The lowest BCUT2D eigenvalue weighted by Gasteiger charge is -2.07. The summed E-state index contributed by atoms with van der Waals surface area (Å²) >= 11 is 0. The molecule has 0 heterocycles. The summed E-state index contributed by atoms with van der Waals surface area (Å²) in [7, 11) is 0. The highest BCUT2D eigenvalue weighted by molar-refractivity contribution is 5.49. The summed E-state index contributed by atoms with van der Waals surface area (Å²) in [6.45, 7) is 0. The van der Waals surface area contributed by atoms with Gasteiger partial charge in [0.15, 0.2) is 0 Å². The van der Waals surface area contributed by atoms with Crippen molar-refractivity contribution in [1.29, 1.82) is 0 Å². The van der Waals surface area contributed by atoms with E-state index in [0.717, 1.165) is 6.42 Å². The average molecular weight is 148 g/mol. The van der Waals surface area contributed by atoms with Crippen LogP contribution in [0.1, 0.15) is 25.7 Å². The van der Waals surface area contributed by atoms with Crippen molar-refractivity contribution in [3.63, 3.8) is 0 Å². The largest absolute Gasteiger partial charge is 0.234 e. The molecule has 1 nitrogen and oxygen atoms in total. The molecule has 0 aromatic carbocycles. The summed E-state index contributed by atoms with van der Waals surface area (Å²) in [6, 6.07) is 0. The molecule has 0 aliphatic heterocycles. The van der Waals surface area contributed by atoms with Gasteiger partial charge < -0.3 is 0 Å². The van der Waals surface area contributed by atoms with Crippen LogP contribution in [0, 0.1) is 0 Å². The van der Waals surface area contributed by atoms with Gasteiger partial charge >= 0.3 is 0 Å². The maximum Gasteiger partial charge on any atom is 0.124 e. The summed E-state index contributed by atoms with van der Waals surface area (Å²) < 4.78 is 0. The van der Waals surface area contributed by atoms with Gasteiger partial charge in [-0.2, -0.15) is 0 Å². The molecule has 0 bridgehead atoms. The van der Waals surface area contributed by atoms with Gasteiger partial charge in [-0.25, -0.2) is 4.79 Å². The minimum absolute atomic E-state index is 1.16. The molecule has 0 unspecified atom stereocenters. The number of allylic oxidation sites excluding steroid dienone is 5. The Kier molecular flexibility index (Phi) is 3.43. The predicted octanol–water partition coefficient (Wildman–Crippen LogP) is 2.43. The van der Waals surface area contributed by atoms with E-state index in [0.29, 0.717) is 0 Å². The van der Waals surface area contributed by atoms with Crippen LogP contribution in [0.4, 0.5) is 0 Å². The molecule has 11 heavy (non-hydrogen) atoms. The first-order chi connectivity index (χ1) is 5.43. The highest BCUT2D eigenvalue weighted by Gasteiger charge is 1.98. The van der Waals surface area contributed by atoms with Gasteiger partial charge in [0.2, 0.25) is 0 Å². The molecule has 0 radical (unpaired) electrons. The second kappa shape index (κ2) is 4.70. The van der Waals surface area contributed by atoms with Gasteiger partial charge in [-0.15, -0.1) is 0 Å². The first kappa shape index (κ1) is 8.03. The van der Waals surface area contributed by atoms with Crippen LogP contribution in [-0.4, -0.2) is 5.94 Å². The number of carbonyl (C=O) groups excluding carboxylic acids is 1. The second-order valence-corrected chi connectivity index (χ2v) is 2.67. The SMILES string of the molecule is O=C=C/C=C/C1=CCCCC1. The van der Waals surface area contributed by atoms with E-state index in [9.17, 15) is 4.79 Å². The molecule has 1 heteroatoms. The summed E-state index contributed by atoms with van der Waals surface area (Å²) in [5.41, 5.74) is 1.35. The van der Waals surface area contributed by atoms with E-state index in [2.05, 4.69) is 6.08 Å². The van der Waals surface area contributed by atoms with Crippen LogP contribution in [0.2, 0.25) is 0 Å². The first-order valence-corrected chi connectivity index (χ1v) is 4.00. The molecule has 0 N–H and O–H groups in total. The zero-order valence-corrected chi connectivity index (χ0v) is 6.55. The Hall–Kier alpha value is -1.07. The van der Waals surface area contributed by atoms with Crippen molar-refractivity contribution >= 4 is 5.94 Å². The molecular formula is C10H12O. The van der Waals surface area contributed by atoms with E-state index in [1.54, 1.807) is 12.0 Å². The van der Waals surface area contributed by atoms with E-state index in [1.165, 1.54) is 30.9 Å². The van der Waals surface area contributed by atoms with E-state index in [-0.39, 0.29) is 0 Å². The van der Waals surface area contributed by atoms with Crippen LogP contribution >= 0.6 is 0 Å². The van der Waals surface area contributed by atoms with Gasteiger partial charge in [0, 0.05) is 6.08 Å². The summed E-state index contributed by atoms with van der Waals surface area (Å²) in [4.78, 5) is 9.80.